The van der Waals surface area contributed by atoms with E-state index in [1.54, 1.807) is 0 Å². The summed E-state index contributed by atoms with van der Waals surface area (Å²) in [5.41, 5.74) is 0. The van der Waals surface area contributed by atoms with Gasteiger partial charge in [-0.3, -0.25) is 0 Å². The van der Waals surface area contributed by atoms with Crippen molar-refractivity contribution in [2.45, 2.75) is 115 Å². The lowest BCUT2D eigenvalue weighted by Gasteiger charge is -2.33. The summed E-state index contributed by atoms with van der Waals surface area (Å²) >= 11 is 4.96. The number of hydrogen-bond donors (Lipinski definition) is 1. The normalized spacial score (nSPS) is 13.4. The molecule has 0 aliphatic heterocycles. The standard InChI is InChI=1S/C26H58N2O2SSi/c1-7-9-11-13-15-17-24-32(29-22-20-27(3)4,30-23-21-28(5)6)25-19-26(31)18-16-14-12-10-8-2/h26,31H,7-25H2,1-6H3. The number of unbranched alkanes of at least 4 members (excludes halogenated alkanes) is 9. The minimum absolute atomic E-state index is 0.475. The Bertz CT molecular complexity index is 386. The Hall–Kier alpha value is 0.407. The van der Waals surface area contributed by atoms with E-state index in [0.29, 0.717) is 5.25 Å². The van der Waals surface area contributed by atoms with Gasteiger partial charge in [0.1, 0.15) is 0 Å². The number of likely N-dealkylation sites (N-methyl/N-ethyl adjacent to an activating group) is 2. The van der Waals surface area contributed by atoms with Gasteiger partial charge in [-0.05, 0) is 53.1 Å². The van der Waals surface area contributed by atoms with Gasteiger partial charge in [-0.25, -0.2) is 0 Å². The summed E-state index contributed by atoms with van der Waals surface area (Å²) in [6.45, 7) is 8.06. The molecule has 0 N–H and O–H groups in total. The van der Waals surface area contributed by atoms with Gasteiger partial charge in [-0.1, -0.05) is 84.5 Å². The fourth-order valence-corrected chi connectivity index (χ4v) is 7.94. The Labute approximate surface area is 208 Å². The zero-order valence-corrected chi connectivity index (χ0v) is 24.6. The van der Waals surface area contributed by atoms with Crippen LogP contribution in [0.3, 0.4) is 0 Å². The highest BCUT2D eigenvalue weighted by molar-refractivity contribution is 7.80. The second kappa shape index (κ2) is 21.9. The van der Waals surface area contributed by atoms with Gasteiger partial charge in [0, 0.05) is 31.6 Å². The van der Waals surface area contributed by atoms with Crippen molar-refractivity contribution in [1.82, 2.24) is 9.80 Å². The molecule has 4 nitrogen and oxygen atoms in total. The van der Waals surface area contributed by atoms with Crippen LogP contribution in [-0.4, -0.2) is 78.1 Å². The van der Waals surface area contributed by atoms with Crippen molar-refractivity contribution in [2.75, 3.05) is 54.5 Å². The van der Waals surface area contributed by atoms with E-state index >= 15 is 0 Å². The van der Waals surface area contributed by atoms with E-state index in [4.69, 9.17) is 21.5 Å². The molecule has 32 heavy (non-hydrogen) atoms. The maximum Gasteiger partial charge on any atom is 0.338 e. The van der Waals surface area contributed by atoms with E-state index < -0.39 is 8.56 Å². The molecule has 0 fully saturated rings. The third kappa shape index (κ3) is 19.8. The molecule has 6 heteroatoms. The molecule has 0 radical (unpaired) electrons. The smallest absolute Gasteiger partial charge is 0.338 e. The van der Waals surface area contributed by atoms with E-state index in [2.05, 4.69) is 51.8 Å². The molecule has 0 aliphatic carbocycles. The van der Waals surface area contributed by atoms with Crippen molar-refractivity contribution in [3.63, 3.8) is 0 Å². The van der Waals surface area contributed by atoms with Crippen LogP contribution in [0.15, 0.2) is 0 Å². The third-order valence-corrected chi connectivity index (χ3v) is 10.4. The predicted molar refractivity (Wildman–Crippen MR) is 149 cm³/mol. The van der Waals surface area contributed by atoms with Crippen LogP contribution in [0, 0.1) is 0 Å². The molecule has 0 aromatic carbocycles. The lowest BCUT2D eigenvalue weighted by atomic mass is 10.1. The molecule has 1 atom stereocenters. The van der Waals surface area contributed by atoms with Crippen LogP contribution in [0.2, 0.25) is 12.1 Å². The first-order valence-electron chi connectivity index (χ1n) is 13.6. The molecular weight excluding hydrogens is 432 g/mol. The van der Waals surface area contributed by atoms with Crippen LogP contribution in [0.5, 0.6) is 0 Å². The first-order valence-corrected chi connectivity index (χ1v) is 16.4. The zero-order valence-electron chi connectivity index (χ0n) is 22.7. The topological polar surface area (TPSA) is 24.9 Å². The highest BCUT2D eigenvalue weighted by Gasteiger charge is 2.37. The van der Waals surface area contributed by atoms with Gasteiger partial charge >= 0.3 is 8.56 Å². The molecule has 0 aromatic heterocycles. The van der Waals surface area contributed by atoms with Crippen LogP contribution in [0.4, 0.5) is 0 Å². The fourth-order valence-electron chi connectivity index (χ4n) is 3.97. The van der Waals surface area contributed by atoms with Gasteiger partial charge < -0.3 is 18.7 Å². The third-order valence-electron chi connectivity index (χ3n) is 6.22. The van der Waals surface area contributed by atoms with Gasteiger partial charge in [0.2, 0.25) is 0 Å². The minimum atomic E-state index is -2.22. The summed E-state index contributed by atoms with van der Waals surface area (Å²) in [6.07, 6.45) is 17.0. The number of thiol groups is 1. The average Bonchev–Trinajstić information content (AvgIpc) is 2.74. The Morgan fingerprint density at radius 1 is 0.625 bits per heavy atom. The highest BCUT2D eigenvalue weighted by atomic mass is 32.1. The van der Waals surface area contributed by atoms with E-state index in [1.807, 2.05) is 0 Å². The van der Waals surface area contributed by atoms with Crippen molar-refractivity contribution in [3.05, 3.63) is 0 Å². The van der Waals surface area contributed by atoms with Crippen molar-refractivity contribution >= 4 is 21.2 Å². The summed E-state index contributed by atoms with van der Waals surface area (Å²) in [6, 6.07) is 2.23. The second-order valence-corrected chi connectivity index (χ2v) is 14.3. The number of hydrogen-bond acceptors (Lipinski definition) is 5. The summed E-state index contributed by atoms with van der Waals surface area (Å²) < 4.78 is 13.4. The lowest BCUT2D eigenvalue weighted by Crippen LogP contribution is -2.45. The van der Waals surface area contributed by atoms with E-state index in [0.717, 1.165) is 44.8 Å². The molecule has 0 aliphatic rings. The first-order chi connectivity index (χ1) is 15.3. The molecule has 194 valence electrons. The number of rotatable bonds is 24. The molecule has 0 saturated heterocycles. The summed E-state index contributed by atoms with van der Waals surface area (Å²) in [4.78, 5) is 4.42. The molecule has 0 heterocycles. The van der Waals surface area contributed by atoms with Crippen LogP contribution >= 0.6 is 12.6 Å². The second-order valence-electron chi connectivity index (χ2n) is 10.1. The molecule has 0 saturated carbocycles. The van der Waals surface area contributed by atoms with Gasteiger partial charge in [-0.2, -0.15) is 12.6 Å². The molecule has 1 unspecified atom stereocenters. The zero-order chi connectivity index (χ0) is 24.1. The Kier molecular flexibility index (Phi) is 22.2. The van der Waals surface area contributed by atoms with Crippen LogP contribution in [0.1, 0.15) is 97.3 Å². The highest BCUT2D eigenvalue weighted by Crippen LogP contribution is 2.28. The van der Waals surface area contributed by atoms with Crippen LogP contribution in [-0.2, 0) is 8.85 Å². The molecule has 0 spiro atoms. The molecule has 0 amide bonds. The van der Waals surface area contributed by atoms with Gasteiger partial charge in [-0.15, -0.1) is 0 Å². The van der Waals surface area contributed by atoms with E-state index in [9.17, 15) is 0 Å². The molecular formula is C26H58N2O2SSi. The van der Waals surface area contributed by atoms with E-state index in [1.165, 1.54) is 77.0 Å². The first kappa shape index (κ1) is 32.4. The van der Waals surface area contributed by atoms with Crippen molar-refractivity contribution < 1.29 is 8.85 Å². The summed E-state index contributed by atoms with van der Waals surface area (Å²) in [5, 5.41) is 0.475. The van der Waals surface area contributed by atoms with Crippen LogP contribution < -0.4 is 0 Å². The van der Waals surface area contributed by atoms with Crippen molar-refractivity contribution in [1.29, 1.82) is 0 Å². The Balaban J connectivity index is 4.85. The number of nitrogens with zero attached hydrogens (tertiary/aromatic N) is 2. The predicted octanol–water partition coefficient (Wildman–Crippen LogP) is 6.99. The summed E-state index contributed by atoms with van der Waals surface area (Å²) in [7, 11) is 6.26. The quantitative estimate of drug-likeness (QED) is 0.0895. The van der Waals surface area contributed by atoms with Gasteiger partial charge in [0.25, 0.3) is 0 Å². The van der Waals surface area contributed by atoms with Gasteiger partial charge in [0.05, 0.1) is 0 Å². The van der Waals surface area contributed by atoms with Gasteiger partial charge in [0.15, 0.2) is 0 Å². The summed E-state index contributed by atoms with van der Waals surface area (Å²) in [5.74, 6) is 0. The van der Waals surface area contributed by atoms with Crippen LogP contribution in [0.25, 0.3) is 0 Å². The minimum Gasteiger partial charge on any atom is -0.393 e. The van der Waals surface area contributed by atoms with Crippen molar-refractivity contribution in [3.8, 4) is 0 Å². The van der Waals surface area contributed by atoms with E-state index in [-0.39, 0.29) is 0 Å². The molecule has 0 aromatic rings. The molecule has 0 rings (SSSR count). The SMILES string of the molecule is CCCCCCCC[Si](CCC(S)CCCCCCC)(OCCN(C)C)OCCN(C)C. The lowest BCUT2D eigenvalue weighted by molar-refractivity contribution is 0.143. The average molecular weight is 491 g/mol. The van der Waals surface area contributed by atoms with Crippen molar-refractivity contribution in [2.24, 2.45) is 0 Å². The Morgan fingerprint density at radius 2 is 1.09 bits per heavy atom. The Morgan fingerprint density at radius 3 is 1.59 bits per heavy atom. The maximum atomic E-state index is 6.68. The largest absolute Gasteiger partial charge is 0.393 e. The molecule has 0 bridgehead atoms. The fraction of sp³-hybridized carbons (Fsp3) is 1.00. The monoisotopic (exact) mass is 490 g/mol. The maximum absolute atomic E-state index is 6.68.